The van der Waals surface area contributed by atoms with E-state index in [1.54, 1.807) is 30.6 Å². The van der Waals surface area contributed by atoms with E-state index in [1.807, 2.05) is 18.2 Å². The van der Waals surface area contributed by atoms with Crippen molar-refractivity contribution in [3.63, 3.8) is 0 Å². The first-order chi connectivity index (χ1) is 20.8. The Morgan fingerprint density at radius 1 is 0.932 bits per heavy atom. The van der Waals surface area contributed by atoms with Crippen LogP contribution in [-0.4, -0.2) is 96.5 Å². The Balaban J connectivity index is 0.000000252. The summed E-state index contributed by atoms with van der Waals surface area (Å²) in [6, 6.07) is 10.4. The van der Waals surface area contributed by atoms with Crippen LogP contribution in [0.4, 0.5) is 15.4 Å². The second-order valence-corrected chi connectivity index (χ2v) is 17.3. The predicted octanol–water partition coefficient (Wildman–Crippen LogP) is 4.81. The highest BCUT2D eigenvalue weighted by molar-refractivity contribution is 9.10. The van der Waals surface area contributed by atoms with Gasteiger partial charge in [0.05, 0.1) is 0 Å². The molecule has 4 heterocycles. The number of aliphatic hydroxyl groups is 1. The molecule has 12 nitrogen and oxygen atoms in total. The van der Waals surface area contributed by atoms with Crippen LogP contribution in [0, 0.1) is 0 Å². The van der Waals surface area contributed by atoms with Crippen molar-refractivity contribution in [2.24, 2.45) is 0 Å². The lowest BCUT2D eigenvalue weighted by molar-refractivity contribution is -0.130. The monoisotopic (exact) mass is 692 g/mol. The van der Waals surface area contributed by atoms with Gasteiger partial charge in [0, 0.05) is 64.6 Å². The quantitative estimate of drug-likeness (QED) is 0.216. The number of nitrogens with one attached hydrogen (secondary N) is 1. The molecule has 2 aromatic rings. The third-order valence-corrected chi connectivity index (χ3v) is 12.4. The van der Waals surface area contributed by atoms with Crippen LogP contribution in [0.2, 0.25) is 18.1 Å². The van der Waals surface area contributed by atoms with Gasteiger partial charge in [-0.25, -0.2) is 19.6 Å². The molecule has 0 unspecified atom stereocenters. The number of nitrogens with zero attached hydrogens (tertiary/aromatic N) is 5. The van der Waals surface area contributed by atoms with E-state index in [0.717, 1.165) is 4.60 Å². The lowest BCUT2D eigenvalue weighted by Crippen LogP contribution is -2.53. The highest BCUT2D eigenvalue weighted by atomic mass is 79.9. The number of pyridine rings is 2. The number of aromatic nitrogens is 2. The molecule has 242 valence electrons. The number of hydrogen-bond donors (Lipinski definition) is 2. The molecule has 2 aliphatic rings. The fraction of sp³-hybridized carbons (Fsp3) is 0.533. The predicted molar refractivity (Wildman–Crippen MR) is 174 cm³/mol. The molecule has 0 aromatic carbocycles. The number of imide groups is 2. The van der Waals surface area contributed by atoms with E-state index in [9.17, 15) is 19.2 Å². The molecule has 2 fully saturated rings. The Kier molecular flexibility index (Phi) is 15.1. The molecule has 0 atom stereocenters. The fourth-order valence-electron chi connectivity index (χ4n) is 3.82. The third-order valence-electron chi connectivity index (χ3n) is 7.36. The van der Waals surface area contributed by atoms with Crippen molar-refractivity contribution in [2.45, 2.75) is 64.6 Å². The number of urea groups is 2. The standard InChI is InChI=1S/C13H26N2O3Si.C12H15N3O3.C5H4BrN/c1-13(2,3)19(4,5)18-10-6-9-15-11(16)7-8-14-12(15)17;16-9-3-7-15-11(17)5-8-14(12(15)18)10-4-1-2-6-13-10;6-5-3-1-2-4-7-5/h6-10H2,1-5H3,(H,14,17);1-2,4,6,16H,3,5,7-9H2;1-4H. The molecule has 0 aliphatic carbocycles. The van der Waals surface area contributed by atoms with Crippen molar-refractivity contribution in [1.29, 1.82) is 0 Å². The summed E-state index contributed by atoms with van der Waals surface area (Å²) >= 11 is 3.20. The summed E-state index contributed by atoms with van der Waals surface area (Å²) in [7, 11) is -1.73. The number of rotatable bonds is 9. The van der Waals surface area contributed by atoms with Crippen molar-refractivity contribution in [1.82, 2.24) is 25.1 Å². The summed E-state index contributed by atoms with van der Waals surface area (Å²) in [6.45, 7) is 13.0. The number of aliphatic hydroxyl groups excluding tert-OH is 1. The maximum absolute atomic E-state index is 12.2. The van der Waals surface area contributed by atoms with Gasteiger partial charge in [-0.1, -0.05) is 32.9 Å². The van der Waals surface area contributed by atoms with Gasteiger partial charge in [-0.2, -0.15) is 0 Å². The summed E-state index contributed by atoms with van der Waals surface area (Å²) < 4.78 is 6.91. The maximum Gasteiger partial charge on any atom is 0.332 e. The number of anilines is 1. The minimum atomic E-state index is -1.73. The van der Waals surface area contributed by atoms with Crippen LogP contribution in [-0.2, 0) is 14.0 Å². The molecule has 4 rings (SSSR count). The minimum Gasteiger partial charge on any atom is -0.417 e. The minimum absolute atomic E-state index is 0.0410. The van der Waals surface area contributed by atoms with Crippen LogP contribution < -0.4 is 10.2 Å². The SMILES string of the molecule is Brc1ccccn1.CC(C)(C)[Si](C)(C)OCCCN1C(=O)CCNC1=O.O=C1CCN(c2ccccn2)C(=O)N1CCCO. The first-order valence-corrected chi connectivity index (χ1v) is 18.4. The normalized spacial score (nSPS) is 15.7. The van der Waals surface area contributed by atoms with E-state index in [0.29, 0.717) is 51.3 Å². The van der Waals surface area contributed by atoms with Gasteiger partial charge in [-0.3, -0.25) is 24.3 Å². The molecule has 2 saturated heterocycles. The zero-order valence-electron chi connectivity index (χ0n) is 26.3. The molecule has 0 spiro atoms. The Labute approximate surface area is 269 Å². The summed E-state index contributed by atoms with van der Waals surface area (Å²) in [6.07, 6.45) is 5.13. The highest BCUT2D eigenvalue weighted by Crippen LogP contribution is 2.36. The number of amides is 6. The van der Waals surface area contributed by atoms with Gasteiger partial charge in [-0.05, 0) is 71.2 Å². The highest BCUT2D eigenvalue weighted by Gasteiger charge is 2.37. The lowest BCUT2D eigenvalue weighted by atomic mass is 10.2. The fourth-order valence-corrected chi connectivity index (χ4v) is 5.18. The van der Waals surface area contributed by atoms with Crippen LogP contribution in [0.3, 0.4) is 0 Å². The van der Waals surface area contributed by atoms with Crippen LogP contribution in [0.25, 0.3) is 0 Å². The van der Waals surface area contributed by atoms with E-state index >= 15 is 0 Å². The number of halogens is 1. The molecular formula is C30H45BrN6O6Si. The molecule has 0 bridgehead atoms. The van der Waals surface area contributed by atoms with E-state index in [1.165, 1.54) is 14.7 Å². The van der Waals surface area contributed by atoms with E-state index in [2.05, 4.69) is 65.1 Å². The molecular weight excluding hydrogens is 648 g/mol. The molecule has 2 aliphatic heterocycles. The van der Waals surface area contributed by atoms with Crippen molar-refractivity contribution in [3.8, 4) is 0 Å². The molecule has 2 N–H and O–H groups in total. The zero-order valence-corrected chi connectivity index (χ0v) is 28.9. The smallest absolute Gasteiger partial charge is 0.332 e. The van der Waals surface area contributed by atoms with Crippen LogP contribution in [0.15, 0.2) is 53.4 Å². The maximum atomic E-state index is 12.2. The molecule has 2 aromatic heterocycles. The van der Waals surface area contributed by atoms with Gasteiger partial charge >= 0.3 is 12.1 Å². The van der Waals surface area contributed by atoms with Gasteiger partial charge in [0.2, 0.25) is 11.8 Å². The lowest BCUT2D eigenvalue weighted by Gasteiger charge is -2.36. The average Bonchev–Trinajstić information content (AvgIpc) is 2.97. The summed E-state index contributed by atoms with van der Waals surface area (Å²) in [5.74, 6) is 0.265. The van der Waals surface area contributed by atoms with Crippen molar-refractivity contribution in [2.75, 3.05) is 44.3 Å². The van der Waals surface area contributed by atoms with Crippen molar-refractivity contribution < 1.29 is 28.7 Å². The van der Waals surface area contributed by atoms with E-state index in [-0.39, 0.29) is 48.5 Å². The van der Waals surface area contributed by atoms with Crippen molar-refractivity contribution >= 4 is 53.9 Å². The van der Waals surface area contributed by atoms with Crippen LogP contribution in [0.5, 0.6) is 0 Å². The first kappa shape index (κ1) is 37.0. The summed E-state index contributed by atoms with van der Waals surface area (Å²) in [5, 5.41) is 11.6. The van der Waals surface area contributed by atoms with E-state index in [4.69, 9.17) is 9.53 Å². The van der Waals surface area contributed by atoms with Crippen LogP contribution >= 0.6 is 15.9 Å². The van der Waals surface area contributed by atoms with Crippen LogP contribution in [0.1, 0.15) is 46.5 Å². The zero-order chi connectivity index (χ0) is 32.8. The topological polar surface area (TPSA) is 145 Å². The second-order valence-electron chi connectivity index (χ2n) is 11.6. The first-order valence-electron chi connectivity index (χ1n) is 14.7. The molecule has 6 amide bonds. The molecule has 0 saturated carbocycles. The van der Waals surface area contributed by atoms with Gasteiger partial charge in [-0.15, -0.1) is 0 Å². The Morgan fingerprint density at radius 2 is 1.57 bits per heavy atom. The van der Waals surface area contributed by atoms with Gasteiger partial charge in [0.15, 0.2) is 8.32 Å². The van der Waals surface area contributed by atoms with Gasteiger partial charge in [0.25, 0.3) is 0 Å². The second kappa shape index (κ2) is 17.9. The number of hydrogen-bond acceptors (Lipinski definition) is 8. The average molecular weight is 694 g/mol. The molecule has 0 radical (unpaired) electrons. The Hall–Kier alpha value is -3.20. The molecule has 14 heteroatoms. The third kappa shape index (κ3) is 11.7. The Morgan fingerprint density at radius 3 is 2.09 bits per heavy atom. The van der Waals surface area contributed by atoms with Gasteiger partial charge < -0.3 is 14.8 Å². The van der Waals surface area contributed by atoms with E-state index < -0.39 is 8.32 Å². The van der Waals surface area contributed by atoms with Gasteiger partial charge in [0.1, 0.15) is 10.4 Å². The Bertz CT molecular complexity index is 1200. The summed E-state index contributed by atoms with van der Waals surface area (Å²) in [5.41, 5.74) is 0. The molecule has 44 heavy (non-hydrogen) atoms. The summed E-state index contributed by atoms with van der Waals surface area (Å²) in [4.78, 5) is 58.9. The largest absolute Gasteiger partial charge is 0.417 e. The number of carbonyl (C=O) groups is 4. The number of carbonyl (C=O) groups excluding carboxylic acids is 4. The van der Waals surface area contributed by atoms with Crippen molar-refractivity contribution in [3.05, 3.63) is 53.4 Å².